The maximum absolute atomic E-state index is 11.1. The number of nitrogens with two attached hydrogens (primary N) is 1. The predicted octanol–water partition coefficient (Wildman–Crippen LogP) is 1.43. The van der Waals surface area contributed by atoms with Crippen LogP contribution in [0.25, 0.3) is 0 Å². The van der Waals surface area contributed by atoms with E-state index in [0.29, 0.717) is 11.7 Å². The number of hydrogen-bond acceptors (Lipinski definition) is 5. The van der Waals surface area contributed by atoms with E-state index in [9.17, 15) is 4.79 Å². The molecule has 92 valence electrons. The van der Waals surface area contributed by atoms with Crippen molar-refractivity contribution in [2.75, 3.05) is 6.54 Å². The van der Waals surface area contributed by atoms with Gasteiger partial charge in [-0.3, -0.25) is 4.79 Å². The summed E-state index contributed by atoms with van der Waals surface area (Å²) in [5.74, 6) is 6.61. The lowest BCUT2D eigenvalue weighted by molar-refractivity contribution is 0.936. The van der Waals surface area contributed by atoms with Crippen LogP contribution in [0, 0.1) is 11.8 Å². The molecule has 2 aromatic heterocycles. The fourth-order valence-corrected chi connectivity index (χ4v) is 3.06. The molecule has 3 N–H and O–H groups in total. The molecule has 2 aromatic rings. The highest BCUT2D eigenvalue weighted by molar-refractivity contribution is 7.98. The van der Waals surface area contributed by atoms with Crippen molar-refractivity contribution in [3.63, 3.8) is 0 Å². The van der Waals surface area contributed by atoms with Gasteiger partial charge >= 0.3 is 0 Å². The van der Waals surface area contributed by atoms with Crippen LogP contribution in [0.15, 0.2) is 33.7 Å². The highest BCUT2D eigenvalue weighted by Crippen LogP contribution is 2.24. The molecule has 0 aliphatic heterocycles. The summed E-state index contributed by atoms with van der Waals surface area (Å²) < 4.78 is 0. The number of rotatable bonds is 3. The van der Waals surface area contributed by atoms with Gasteiger partial charge in [0.2, 0.25) is 0 Å². The number of H-pyrrole nitrogens is 1. The van der Waals surface area contributed by atoms with Crippen LogP contribution in [-0.2, 0) is 5.75 Å². The molecular formula is C12H11N3OS2. The van der Waals surface area contributed by atoms with Gasteiger partial charge in [-0.2, -0.15) is 0 Å². The van der Waals surface area contributed by atoms with Gasteiger partial charge in [0.25, 0.3) is 5.56 Å². The lowest BCUT2D eigenvalue weighted by Crippen LogP contribution is -2.05. The molecule has 0 fully saturated rings. The maximum atomic E-state index is 11.1. The summed E-state index contributed by atoms with van der Waals surface area (Å²) in [6.45, 7) is 0.357. The molecule has 0 radical (unpaired) electrons. The van der Waals surface area contributed by atoms with Crippen LogP contribution in [-0.4, -0.2) is 16.5 Å². The summed E-state index contributed by atoms with van der Waals surface area (Å²) in [5.41, 5.74) is 6.21. The quantitative estimate of drug-likeness (QED) is 0.506. The van der Waals surface area contributed by atoms with Crippen LogP contribution in [0.5, 0.6) is 0 Å². The Balaban J connectivity index is 2.06. The minimum atomic E-state index is -0.137. The monoisotopic (exact) mass is 277 g/mol. The normalized spacial score (nSPS) is 9.83. The van der Waals surface area contributed by atoms with Gasteiger partial charge in [0.1, 0.15) is 0 Å². The van der Waals surface area contributed by atoms with Crippen molar-refractivity contribution >= 4 is 23.1 Å². The van der Waals surface area contributed by atoms with Crippen molar-refractivity contribution in [2.45, 2.75) is 10.9 Å². The fraction of sp³-hybridized carbons (Fsp3) is 0.167. The third-order valence-electron chi connectivity index (χ3n) is 2.06. The Morgan fingerprint density at radius 2 is 2.39 bits per heavy atom. The van der Waals surface area contributed by atoms with Gasteiger partial charge in [-0.1, -0.05) is 23.6 Å². The highest BCUT2D eigenvalue weighted by atomic mass is 32.2. The van der Waals surface area contributed by atoms with Gasteiger partial charge in [0.05, 0.1) is 6.54 Å². The molecule has 0 spiro atoms. The van der Waals surface area contributed by atoms with Crippen LogP contribution in [0.3, 0.4) is 0 Å². The number of aromatic nitrogens is 2. The average Bonchev–Trinajstić information content (AvgIpc) is 2.81. The number of nitrogens with one attached hydrogen (secondary N) is 1. The van der Waals surface area contributed by atoms with Crippen molar-refractivity contribution in [1.82, 2.24) is 9.97 Å². The molecule has 4 nitrogen and oxygen atoms in total. The summed E-state index contributed by atoms with van der Waals surface area (Å²) in [5, 5.41) is 2.62. The summed E-state index contributed by atoms with van der Waals surface area (Å²) in [6, 6.07) is 3.37. The fourth-order valence-electron chi connectivity index (χ4n) is 1.27. The Morgan fingerprint density at radius 3 is 3.17 bits per heavy atom. The molecule has 2 heterocycles. The van der Waals surface area contributed by atoms with Crippen molar-refractivity contribution in [3.8, 4) is 11.8 Å². The largest absolute Gasteiger partial charge is 0.320 e. The van der Waals surface area contributed by atoms with E-state index in [1.54, 1.807) is 11.3 Å². The zero-order valence-electron chi connectivity index (χ0n) is 9.47. The van der Waals surface area contributed by atoms with E-state index in [4.69, 9.17) is 5.73 Å². The van der Waals surface area contributed by atoms with Crippen molar-refractivity contribution in [1.29, 1.82) is 0 Å². The SMILES string of the molecule is NCC#Cc1ccsc1CSc1nccc(=O)[nH]1. The van der Waals surface area contributed by atoms with E-state index in [1.165, 1.54) is 24.0 Å². The molecule has 0 bridgehead atoms. The van der Waals surface area contributed by atoms with Gasteiger partial charge < -0.3 is 10.7 Å². The lowest BCUT2D eigenvalue weighted by atomic mass is 10.3. The van der Waals surface area contributed by atoms with E-state index in [-0.39, 0.29) is 5.56 Å². The van der Waals surface area contributed by atoms with Crippen LogP contribution < -0.4 is 11.3 Å². The number of thiophene rings is 1. The van der Waals surface area contributed by atoms with E-state index < -0.39 is 0 Å². The third-order valence-corrected chi connectivity index (χ3v) is 4.08. The summed E-state index contributed by atoms with van der Waals surface area (Å²) >= 11 is 3.12. The van der Waals surface area contributed by atoms with E-state index in [1.807, 2.05) is 11.4 Å². The third kappa shape index (κ3) is 3.47. The zero-order chi connectivity index (χ0) is 12.8. The Morgan fingerprint density at radius 1 is 1.50 bits per heavy atom. The molecule has 0 unspecified atom stereocenters. The molecule has 0 amide bonds. The van der Waals surface area contributed by atoms with Crippen LogP contribution in [0.1, 0.15) is 10.4 Å². The topological polar surface area (TPSA) is 71.8 Å². The number of aromatic amines is 1. The smallest absolute Gasteiger partial charge is 0.251 e. The van der Waals surface area contributed by atoms with Crippen LogP contribution >= 0.6 is 23.1 Å². The van der Waals surface area contributed by atoms with Crippen molar-refractivity contribution in [2.24, 2.45) is 5.73 Å². The first-order valence-electron chi connectivity index (χ1n) is 5.23. The number of thioether (sulfide) groups is 1. The molecule has 0 saturated heterocycles. The van der Waals surface area contributed by atoms with Gasteiger partial charge in [-0.25, -0.2) is 4.98 Å². The molecule has 0 aliphatic rings. The van der Waals surface area contributed by atoms with Crippen LogP contribution in [0.4, 0.5) is 0 Å². The molecule has 0 aromatic carbocycles. The highest BCUT2D eigenvalue weighted by Gasteiger charge is 2.04. The second kappa shape index (κ2) is 6.40. The first-order chi connectivity index (χ1) is 8.79. The zero-order valence-corrected chi connectivity index (χ0v) is 11.1. The van der Waals surface area contributed by atoms with E-state index in [0.717, 1.165) is 16.2 Å². The molecular weight excluding hydrogens is 266 g/mol. The summed E-state index contributed by atoms with van der Waals surface area (Å²) in [4.78, 5) is 19.0. The second-order valence-corrected chi connectivity index (χ2v) is 5.26. The van der Waals surface area contributed by atoms with E-state index in [2.05, 4.69) is 21.8 Å². The standard InChI is InChI=1S/C12H11N3OS2/c13-5-1-2-9-4-7-17-10(9)8-18-12-14-6-3-11(16)15-12/h3-4,6-7H,5,8,13H2,(H,14,15,16). The molecule has 0 atom stereocenters. The average molecular weight is 277 g/mol. The molecule has 6 heteroatoms. The summed E-state index contributed by atoms with van der Waals surface area (Å²) in [7, 11) is 0. The van der Waals surface area contributed by atoms with Gasteiger partial charge in [-0.05, 0) is 11.4 Å². The first-order valence-corrected chi connectivity index (χ1v) is 7.09. The Bertz CT molecular complexity index is 636. The first kappa shape index (κ1) is 12.9. The lowest BCUT2D eigenvalue weighted by Gasteiger charge is -1.98. The maximum Gasteiger partial charge on any atom is 0.251 e. The molecule has 18 heavy (non-hydrogen) atoms. The number of hydrogen-bond donors (Lipinski definition) is 2. The Hall–Kier alpha value is -1.55. The minimum absolute atomic E-state index is 0.137. The van der Waals surface area contributed by atoms with Gasteiger partial charge in [0.15, 0.2) is 5.16 Å². The van der Waals surface area contributed by atoms with E-state index >= 15 is 0 Å². The minimum Gasteiger partial charge on any atom is -0.320 e. The van der Waals surface area contributed by atoms with Gasteiger partial charge in [0, 0.05) is 28.5 Å². The Kier molecular flexibility index (Phi) is 4.59. The predicted molar refractivity (Wildman–Crippen MR) is 74.7 cm³/mol. The van der Waals surface area contributed by atoms with Gasteiger partial charge in [-0.15, -0.1) is 11.3 Å². The van der Waals surface area contributed by atoms with Crippen molar-refractivity contribution < 1.29 is 0 Å². The molecule has 2 rings (SSSR count). The summed E-state index contributed by atoms with van der Waals surface area (Å²) in [6.07, 6.45) is 1.50. The Labute approximate surface area is 113 Å². The molecule has 0 saturated carbocycles. The molecule has 0 aliphatic carbocycles. The van der Waals surface area contributed by atoms with Crippen LogP contribution in [0.2, 0.25) is 0 Å². The van der Waals surface area contributed by atoms with Crippen molar-refractivity contribution in [3.05, 3.63) is 44.5 Å². The second-order valence-electron chi connectivity index (χ2n) is 3.29. The number of nitrogens with zero attached hydrogens (tertiary/aromatic N) is 1.